The lowest BCUT2D eigenvalue weighted by atomic mass is 9.88. The lowest BCUT2D eigenvalue weighted by Gasteiger charge is -2.30. The van der Waals surface area contributed by atoms with E-state index in [1.807, 2.05) is 92.3 Å². The van der Waals surface area contributed by atoms with Crippen LogP contribution in [0.15, 0.2) is 115 Å². The fraction of sp³-hybridized carbons (Fsp3) is 0.492. The van der Waals surface area contributed by atoms with Crippen LogP contribution in [0.5, 0.6) is 0 Å². The van der Waals surface area contributed by atoms with Gasteiger partial charge in [0, 0.05) is 54.0 Å². The first-order valence-electron chi connectivity index (χ1n) is 27.7. The van der Waals surface area contributed by atoms with Gasteiger partial charge in [-0.2, -0.15) is 11.8 Å². The molecule has 420 valence electrons. The minimum absolute atomic E-state index is 0.0129. The molecule has 6 rings (SSSR count). The first-order valence-corrected chi connectivity index (χ1v) is 28.7. The number of benzene rings is 4. The number of unbranched alkanes of at least 4 members (excludes halogenated alkanes) is 3. The zero-order chi connectivity index (χ0) is 56.0. The predicted molar refractivity (Wildman–Crippen MR) is 305 cm³/mol. The number of aliphatic hydroxyl groups excluding tert-OH is 1. The molecule has 4 aromatic carbocycles. The molecular weight excluding hydrogens is 1010 g/mol. The maximum absolute atomic E-state index is 14.8. The normalized spacial score (nSPS) is 17.7. The summed E-state index contributed by atoms with van der Waals surface area (Å²) in [6.07, 6.45) is 3.97. The van der Waals surface area contributed by atoms with Crippen LogP contribution in [-0.2, 0) is 43.2 Å². The summed E-state index contributed by atoms with van der Waals surface area (Å²) in [7, 11) is 0. The third kappa shape index (κ3) is 20.3. The van der Waals surface area contributed by atoms with E-state index in [0.717, 1.165) is 49.0 Å². The number of ketones is 1. The van der Waals surface area contributed by atoms with Crippen LogP contribution in [0.2, 0.25) is 0 Å². The van der Waals surface area contributed by atoms with Gasteiger partial charge in [-0.15, -0.1) is 0 Å². The van der Waals surface area contributed by atoms with Gasteiger partial charge in [-0.05, 0) is 101 Å². The van der Waals surface area contributed by atoms with Crippen LogP contribution in [0, 0.1) is 11.8 Å². The molecule has 0 bridgehead atoms. The van der Waals surface area contributed by atoms with E-state index in [-0.39, 0.29) is 73.7 Å². The number of urea groups is 1. The van der Waals surface area contributed by atoms with Crippen molar-refractivity contribution in [2.24, 2.45) is 11.8 Å². The van der Waals surface area contributed by atoms with Crippen LogP contribution in [-0.4, -0.2) is 113 Å². The Morgan fingerprint density at radius 1 is 0.641 bits per heavy atom. The maximum Gasteiger partial charge on any atom is 0.407 e. The number of hydrogen-bond acceptors (Lipinski definition) is 10. The largest absolute Gasteiger partial charge is 0.444 e. The zero-order valence-corrected chi connectivity index (χ0v) is 46.7. The number of fused-ring (bicyclic) bond motifs is 1. The minimum atomic E-state index is -1.25. The van der Waals surface area contributed by atoms with Crippen molar-refractivity contribution in [3.8, 4) is 0 Å². The molecule has 0 unspecified atom stereocenters. The number of nitrogens with one attached hydrogen (secondary N) is 7. The number of carbonyl (C=O) groups excluding carboxylic acids is 7. The van der Waals surface area contributed by atoms with Crippen molar-refractivity contribution in [1.82, 2.24) is 37.2 Å². The van der Waals surface area contributed by atoms with Gasteiger partial charge in [-0.3, -0.25) is 24.0 Å². The van der Waals surface area contributed by atoms with Crippen molar-refractivity contribution in [1.29, 1.82) is 0 Å². The highest BCUT2D eigenvalue weighted by molar-refractivity contribution is 8.00. The van der Waals surface area contributed by atoms with Crippen LogP contribution >= 0.6 is 11.8 Å². The molecule has 0 spiro atoms. The summed E-state index contributed by atoms with van der Waals surface area (Å²) in [5, 5.41) is 33.2. The van der Waals surface area contributed by atoms with E-state index in [1.165, 1.54) is 0 Å². The Bertz CT molecular complexity index is 2570. The molecule has 0 aromatic heterocycles. The van der Waals surface area contributed by atoms with Crippen molar-refractivity contribution in [2.45, 2.75) is 159 Å². The number of aliphatic hydroxyl groups is 1. The van der Waals surface area contributed by atoms with Gasteiger partial charge in [0.15, 0.2) is 5.78 Å². The van der Waals surface area contributed by atoms with E-state index in [1.54, 1.807) is 69.3 Å². The standard InChI is InChI=1S/C61H81N7O9S/c1-40(2)34-48(58(74)65-49(37-42-22-12-7-13-23-42)57(73)63-33-19-9-18-32-62-53(70)27-17-16-26-52-54-50(39-78-52)66-59(75)68-54)64-56(72)46(35-43-28-30-45(31-29-43)55(71)44-24-14-8-15-25-44)38-51(69)47(36-41-20-10-6-11-21-41)67-60(76)77-61(3,4)5/h6-8,10-15,20-25,28-31,40,46-52,54,69H,9,16-19,26-27,32-39H2,1-5H3,(H,62,70)(H,63,73)(H,64,72)(H,65,74)(H,67,76)(H2,66,68,75)/t46-,47+,48+,49+,50+,51-,52+,54+/m1/s1. The highest BCUT2D eigenvalue weighted by atomic mass is 32.2. The molecule has 0 radical (unpaired) electrons. The quantitative estimate of drug-likeness (QED) is 0.0147. The van der Waals surface area contributed by atoms with Gasteiger partial charge in [0.2, 0.25) is 23.6 Å². The number of ether oxygens (including phenoxy) is 1. The van der Waals surface area contributed by atoms with Crippen molar-refractivity contribution < 1.29 is 43.4 Å². The Morgan fingerprint density at radius 2 is 1.23 bits per heavy atom. The number of thioether (sulfide) groups is 1. The first kappa shape index (κ1) is 60.5. The van der Waals surface area contributed by atoms with E-state index in [0.29, 0.717) is 47.9 Å². The van der Waals surface area contributed by atoms with Crippen molar-refractivity contribution in [3.05, 3.63) is 143 Å². The van der Waals surface area contributed by atoms with Crippen LogP contribution in [0.25, 0.3) is 0 Å². The van der Waals surface area contributed by atoms with E-state index < -0.39 is 53.7 Å². The topological polar surface area (TPSA) is 233 Å². The summed E-state index contributed by atoms with van der Waals surface area (Å²) < 4.78 is 5.59. The number of rotatable bonds is 30. The molecule has 2 aliphatic rings. The van der Waals surface area contributed by atoms with Gasteiger partial charge >= 0.3 is 12.1 Å². The molecular formula is C61H81N7O9S. The molecule has 8 N–H and O–H groups in total. The van der Waals surface area contributed by atoms with Gasteiger partial charge in [0.05, 0.1) is 24.2 Å². The predicted octanol–water partition coefficient (Wildman–Crippen LogP) is 7.35. The second kappa shape index (κ2) is 30.4. The van der Waals surface area contributed by atoms with Crippen LogP contribution in [0.3, 0.4) is 0 Å². The summed E-state index contributed by atoms with van der Waals surface area (Å²) in [6.45, 7) is 9.99. The number of carbonyl (C=O) groups is 7. The average Bonchev–Trinajstić information content (AvgIpc) is 3.97. The van der Waals surface area contributed by atoms with Crippen LogP contribution < -0.4 is 37.2 Å². The van der Waals surface area contributed by atoms with Crippen molar-refractivity contribution >= 4 is 53.3 Å². The molecule has 2 fully saturated rings. The van der Waals surface area contributed by atoms with Crippen LogP contribution in [0.1, 0.15) is 125 Å². The van der Waals surface area contributed by atoms with Gasteiger partial charge in [-0.1, -0.05) is 136 Å². The summed E-state index contributed by atoms with van der Waals surface area (Å²) in [4.78, 5) is 94.0. The Morgan fingerprint density at radius 3 is 1.87 bits per heavy atom. The van der Waals surface area contributed by atoms with Gasteiger partial charge in [0.1, 0.15) is 17.7 Å². The highest BCUT2D eigenvalue weighted by Crippen LogP contribution is 2.33. The smallest absolute Gasteiger partial charge is 0.407 e. The summed E-state index contributed by atoms with van der Waals surface area (Å²) in [6, 6.07) is 32.0. The molecule has 2 aliphatic heterocycles. The SMILES string of the molecule is CC(C)C[C@H](NC(=O)[C@H](Cc1ccc(C(=O)c2ccccc2)cc1)C[C@@H](O)[C@H](Cc1ccccc1)NC(=O)OC(C)(C)C)C(=O)N[C@@H](Cc1ccccc1)C(=O)NCCCCCNC(=O)CCCC[C@@H]1SC[C@@H]2NC(=O)N[C@@H]21. The Hall–Kier alpha value is -6.72. The Balaban J connectivity index is 1.08. The van der Waals surface area contributed by atoms with Crippen LogP contribution in [0.4, 0.5) is 9.59 Å². The Labute approximate surface area is 464 Å². The Kier molecular flexibility index (Phi) is 23.6. The molecule has 7 amide bonds. The molecule has 0 aliphatic carbocycles. The monoisotopic (exact) mass is 1090 g/mol. The summed E-state index contributed by atoms with van der Waals surface area (Å²) in [5.74, 6) is -1.62. The lowest BCUT2D eigenvalue weighted by molar-refractivity contribution is -0.134. The van der Waals surface area contributed by atoms with Gasteiger partial charge in [0.25, 0.3) is 0 Å². The summed E-state index contributed by atoms with van der Waals surface area (Å²) >= 11 is 1.87. The van der Waals surface area contributed by atoms with Crippen molar-refractivity contribution in [2.75, 3.05) is 18.8 Å². The van der Waals surface area contributed by atoms with Gasteiger partial charge in [-0.25, -0.2) is 9.59 Å². The minimum Gasteiger partial charge on any atom is -0.444 e. The zero-order valence-electron chi connectivity index (χ0n) is 45.9. The molecule has 8 atom stereocenters. The first-order chi connectivity index (χ1) is 37.4. The molecule has 78 heavy (non-hydrogen) atoms. The van der Waals surface area contributed by atoms with E-state index in [4.69, 9.17) is 4.74 Å². The number of amides is 7. The fourth-order valence-corrected chi connectivity index (χ4v) is 11.4. The van der Waals surface area contributed by atoms with E-state index in [9.17, 15) is 38.7 Å². The molecule has 2 saturated heterocycles. The second-order valence-electron chi connectivity index (χ2n) is 22.0. The third-order valence-electron chi connectivity index (χ3n) is 13.9. The second-order valence-corrected chi connectivity index (χ2v) is 23.3. The number of alkyl carbamates (subject to hydrolysis) is 1. The summed E-state index contributed by atoms with van der Waals surface area (Å²) in [5.41, 5.74) is 2.58. The third-order valence-corrected chi connectivity index (χ3v) is 15.4. The average molecular weight is 1090 g/mol. The lowest BCUT2D eigenvalue weighted by Crippen LogP contribution is -2.56. The molecule has 17 heteroatoms. The van der Waals surface area contributed by atoms with E-state index >= 15 is 0 Å². The fourth-order valence-electron chi connectivity index (χ4n) is 9.86. The van der Waals surface area contributed by atoms with E-state index in [2.05, 4.69) is 37.2 Å². The highest BCUT2D eigenvalue weighted by Gasteiger charge is 2.42. The maximum atomic E-state index is 14.8. The van der Waals surface area contributed by atoms with Crippen molar-refractivity contribution in [3.63, 3.8) is 0 Å². The molecule has 4 aromatic rings. The molecule has 16 nitrogen and oxygen atoms in total. The number of hydrogen-bond donors (Lipinski definition) is 8. The van der Waals surface area contributed by atoms with Gasteiger partial charge < -0.3 is 47.1 Å². The molecule has 2 heterocycles. The molecule has 0 saturated carbocycles.